The summed E-state index contributed by atoms with van der Waals surface area (Å²) in [7, 11) is 0. The standard InChI is InChI=1S/C20H23N3O5/c1-2-4-14-6-8-15(9-7-14)17(24)10-11-18(25)22-23-20(27)19(26)21-13-16-5-3-12-28-16/h3,5-9,12H,2,4,10-11,13H2,1H3,(H,21,26)(H,22,25)(H,23,27). The summed E-state index contributed by atoms with van der Waals surface area (Å²) in [6.45, 7) is 2.14. The van der Waals surface area contributed by atoms with Gasteiger partial charge in [-0.25, -0.2) is 0 Å². The summed E-state index contributed by atoms with van der Waals surface area (Å²) in [4.78, 5) is 47.1. The molecule has 1 aromatic carbocycles. The third kappa shape index (κ3) is 6.71. The van der Waals surface area contributed by atoms with E-state index in [0.29, 0.717) is 11.3 Å². The Morgan fingerprint density at radius 1 is 0.929 bits per heavy atom. The Kier molecular flexibility index (Phi) is 7.95. The smallest absolute Gasteiger partial charge is 0.327 e. The van der Waals surface area contributed by atoms with E-state index in [1.165, 1.54) is 6.26 Å². The monoisotopic (exact) mass is 385 g/mol. The highest BCUT2D eigenvalue weighted by atomic mass is 16.3. The van der Waals surface area contributed by atoms with Gasteiger partial charge in [-0.2, -0.15) is 0 Å². The van der Waals surface area contributed by atoms with E-state index >= 15 is 0 Å². The van der Waals surface area contributed by atoms with Crippen molar-refractivity contribution in [1.29, 1.82) is 0 Å². The molecule has 1 heterocycles. The maximum absolute atomic E-state index is 12.1. The van der Waals surface area contributed by atoms with Gasteiger partial charge in [-0.1, -0.05) is 37.6 Å². The van der Waals surface area contributed by atoms with Gasteiger partial charge in [-0.3, -0.25) is 30.0 Å². The van der Waals surface area contributed by atoms with Crippen LogP contribution in [0.25, 0.3) is 0 Å². The molecule has 0 aliphatic carbocycles. The topological polar surface area (TPSA) is 118 Å². The summed E-state index contributed by atoms with van der Waals surface area (Å²) in [6, 6.07) is 10.6. The summed E-state index contributed by atoms with van der Waals surface area (Å²) in [6.07, 6.45) is 3.32. The van der Waals surface area contributed by atoms with Crippen LogP contribution in [0.15, 0.2) is 47.1 Å². The predicted octanol–water partition coefficient (Wildman–Crippen LogP) is 1.66. The highest BCUT2D eigenvalue weighted by Crippen LogP contribution is 2.09. The van der Waals surface area contributed by atoms with E-state index in [4.69, 9.17) is 4.42 Å². The molecule has 2 rings (SSSR count). The highest BCUT2D eigenvalue weighted by molar-refractivity contribution is 6.35. The molecule has 0 saturated carbocycles. The average Bonchev–Trinajstić information content (AvgIpc) is 3.22. The van der Waals surface area contributed by atoms with E-state index in [-0.39, 0.29) is 25.2 Å². The summed E-state index contributed by atoms with van der Waals surface area (Å²) in [5, 5.41) is 2.34. The first kappa shape index (κ1) is 20.9. The Labute approximate surface area is 162 Å². The van der Waals surface area contributed by atoms with Gasteiger partial charge in [-0.05, 0) is 24.1 Å². The number of aryl methyl sites for hydroxylation is 1. The van der Waals surface area contributed by atoms with Gasteiger partial charge >= 0.3 is 11.8 Å². The minimum atomic E-state index is -1.02. The number of rotatable bonds is 8. The fourth-order valence-corrected chi connectivity index (χ4v) is 2.42. The molecule has 0 radical (unpaired) electrons. The first-order valence-electron chi connectivity index (χ1n) is 9.01. The number of ketones is 1. The van der Waals surface area contributed by atoms with E-state index in [0.717, 1.165) is 18.4 Å². The number of Topliss-reactive ketones (excluding diaryl/α,β-unsaturated/α-hetero) is 1. The summed E-state index contributed by atoms with van der Waals surface area (Å²) in [5.74, 6) is -2.17. The molecule has 1 aromatic heterocycles. The SMILES string of the molecule is CCCc1ccc(C(=O)CCC(=O)NNC(=O)C(=O)NCc2ccco2)cc1. The van der Waals surface area contributed by atoms with Gasteiger partial charge in [0.05, 0.1) is 12.8 Å². The number of benzene rings is 1. The lowest BCUT2D eigenvalue weighted by Crippen LogP contribution is -2.48. The quantitative estimate of drug-likeness (QED) is 0.363. The maximum Gasteiger partial charge on any atom is 0.327 e. The number of hydrazine groups is 1. The second kappa shape index (κ2) is 10.7. The van der Waals surface area contributed by atoms with E-state index < -0.39 is 17.7 Å². The minimum Gasteiger partial charge on any atom is -0.467 e. The van der Waals surface area contributed by atoms with E-state index in [1.807, 2.05) is 17.6 Å². The summed E-state index contributed by atoms with van der Waals surface area (Å²) < 4.78 is 5.02. The number of carbonyl (C=O) groups is 4. The molecule has 0 bridgehead atoms. The van der Waals surface area contributed by atoms with Crippen molar-refractivity contribution >= 4 is 23.5 Å². The molecule has 3 amide bonds. The zero-order valence-corrected chi connectivity index (χ0v) is 15.6. The van der Waals surface area contributed by atoms with Crippen LogP contribution >= 0.6 is 0 Å². The van der Waals surface area contributed by atoms with Gasteiger partial charge in [0.1, 0.15) is 5.76 Å². The summed E-state index contributed by atoms with van der Waals surface area (Å²) in [5.41, 5.74) is 5.81. The first-order valence-corrected chi connectivity index (χ1v) is 9.01. The highest BCUT2D eigenvalue weighted by Gasteiger charge is 2.15. The van der Waals surface area contributed by atoms with Crippen LogP contribution in [-0.4, -0.2) is 23.5 Å². The van der Waals surface area contributed by atoms with Crippen molar-refractivity contribution in [3.63, 3.8) is 0 Å². The van der Waals surface area contributed by atoms with Crippen molar-refractivity contribution in [2.24, 2.45) is 0 Å². The van der Waals surface area contributed by atoms with E-state index in [9.17, 15) is 19.2 Å². The number of hydrogen-bond acceptors (Lipinski definition) is 5. The second-order valence-corrected chi connectivity index (χ2v) is 6.13. The number of hydrogen-bond donors (Lipinski definition) is 3. The molecule has 0 unspecified atom stereocenters. The molecule has 28 heavy (non-hydrogen) atoms. The molecular weight excluding hydrogens is 362 g/mol. The maximum atomic E-state index is 12.1. The molecule has 0 fully saturated rings. The average molecular weight is 385 g/mol. The van der Waals surface area contributed by atoms with Crippen LogP contribution in [0, 0.1) is 0 Å². The number of carbonyl (C=O) groups excluding carboxylic acids is 4. The van der Waals surface area contributed by atoms with Crippen molar-refractivity contribution in [1.82, 2.24) is 16.2 Å². The molecule has 148 valence electrons. The lowest BCUT2D eigenvalue weighted by atomic mass is 10.0. The largest absolute Gasteiger partial charge is 0.467 e. The van der Waals surface area contributed by atoms with Crippen molar-refractivity contribution in [2.75, 3.05) is 0 Å². The Hall–Kier alpha value is -3.42. The second-order valence-electron chi connectivity index (χ2n) is 6.13. The Morgan fingerprint density at radius 3 is 2.32 bits per heavy atom. The third-order valence-corrected chi connectivity index (χ3v) is 3.92. The Bertz CT molecular complexity index is 813. The van der Waals surface area contributed by atoms with Crippen LogP contribution in [0.5, 0.6) is 0 Å². The molecule has 0 aliphatic heterocycles. The Morgan fingerprint density at radius 2 is 1.68 bits per heavy atom. The predicted molar refractivity (Wildman–Crippen MR) is 101 cm³/mol. The summed E-state index contributed by atoms with van der Waals surface area (Å²) >= 11 is 0. The van der Waals surface area contributed by atoms with Gasteiger partial charge < -0.3 is 9.73 Å². The molecule has 8 heteroatoms. The first-order chi connectivity index (χ1) is 13.5. The van der Waals surface area contributed by atoms with Gasteiger partial charge in [0.2, 0.25) is 5.91 Å². The zero-order valence-electron chi connectivity index (χ0n) is 15.6. The Balaban J connectivity index is 1.67. The van der Waals surface area contributed by atoms with E-state index in [2.05, 4.69) is 17.7 Å². The van der Waals surface area contributed by atoms with Crippen molar-refractivity contribution < 1.29 is 23.6 Å². The van der Waals surface area contributed by atoms with Crippen LogP contribution in [-0.2, 0) is 27.3 Å². The fraction of sp³-hybridized carbons (Fsp3) is 0.300. The molecule has 0 atom stereocenters. The lowest BCUT2D eigenvalue weighted by Gasteiger charge is -2.07. The van der Waals surface area contributed by atoms with Crippen molar-refractivity contribution in [2.45, 2.75) is 39.2 Å². The zero-order chi connectivity index (χ0) is 20.4. The van der Waals surface area contributed by atoms with E-state index in [1.54, 1.807) is 24.3 Å². The number of amides is 3. The van der Waals surface area contributed by atoms with Gasteiger partial charge in [-0.15, -0.1) is 0 Å². The van der Waals surface area contributed by atoms with Gasteiger partial charge in [0.15, 0.2) is 5.78 Å². The van der Waals surface area contributed by atoms with Crippen LogP contribution in [0.4, 0.5) is 0 Å². The van der Waals surface area contributed by atoms with Crippen molar-refractivity contribution in [3.8, 4) is 0 Å². The molecule has 0 aliphatic rings. The van der Waals surface area contributed by atoms with Crippen LogP contribution in [0.3, 0.4) is 0 Å². The number of nitrogens with one attached hydrogen (secondary N) is 3. The number of furan rings is 1. The molecule has 3 N–H and O–H groups in total. The normalized spacial score (nSPS) is 10.2. The third-order valence-electron chi connectivity index (χ3n) is 3.92. The molecule has 8 nitrogen and oxygen atoms in total. The van der Waals surface area contributed by atoms with Crippen molar-refractivity contribution in [3.05, 3.63) is 59.5 Å². The van der Waals surface area contributed by atoms with Crippen LogP contribution in [0.2, 0.25) is 0 Å². The minimum absolute atomic E-state index is 0.000478. The van der Waals surface area contributed by atoms with Crippen LogP contribution in [0.1, 0.15) is 47.9 Å². The fourth-order valence-electron chi connectivity index (χ4n) is 2.42. The van der Waals surface area contributed by atoms with Gasteiger partial charge in [0, 0.05) is 18.4 Å². The molecule has 0 spiro atoms. The van der Waals surface area contributed by atoms with Crippen LogP contribution < -0.4 is 16.2 Å². The molecule has 2 aromatic rings. The lowest BCUT2D eigenvalue weighted by molar-refractivity contribution is -0.141. The molecule has 0 saturated heterocycles. The van der Waals surface area contributed by atoms with Gasteiger partial charge in [0.25, 0.3) is 0 Å². The molecular formula is C20H23N3O5.